The molecule has 8 heteroatoms. The highest BCUT2D eigenvalue weighted by Gasteiger charge is 2.37. The third kappa shape index (κ3) is 5.56. The molecule has 0 aromatic heterocycles. The first-order valence-corrected chi connectivity index (χ1v) is 11.2. The molecule has 0 heterocycles. The lowest BCUT2D eigenvalue weighted by atomic mass is 9.92. The van der Waals surface area contributed by atoms with E-state index in [-0.39, 0.29) is 6.54 Å². The van der Waals surface area contributed by atoms with Crippen molar-refractivity contribution in [1.29, 1.82) is 0 Å². The number of rotatable bonds is 6. The molecular formula is C15H23NO5S2. The van der Waals surface area contributed by atoms with Gasteiger partial charge in [0.05, 0.1) is 24.7 Å². The van der Waals surface area contributed by atoms with Crippen molar-refractivity contribution in [2.24, 2.45) is 0 Å². The molecule has 1 aromatic rings. The number of benzene rings is 1. The van der Waals surface area contributed by atoms with E-state index in [4.69, 9.17) is 4.18 Å². The van der Waals surface area contributed by atoms with Crippen LogP contribution in [-0.2, 0) is 30.9 Å². The highest BCUT2D eigenvalue weighted by Crippen LogP contribution is 2.29. The standard InChI is InChI=1S/C15H23NO5S2/c1-22(17,18)16(12-13-8-4-3-5-9-13)14-10-6-7-11-15(14)21-23(2,19)20/h3-5,8-9,14-15H,6-7,10-12H2,1-2H3/t14-,15-/m1/s1. The summed E-state index contributed by atoms with van der Waals surface area (Å²) in [6, 6.07) is 8.81. The van der Waals surface area contributed by atoms with Crippen molar-refractivity contribution in [1.82, 2.24) is 4.31 Å². The fourth-order valence-corrected chi connectivity index (χ4v) is 4.78. The van der Waals surface area contributed by atoms with Crippen molar-refractivity contribution in [3.8, 4) is 0 Å². The molecule has 0 saturated heterocycles. The Morgan fingerprint density at radius 2 is 1.65 bits per heavy atom. The van der Waals surface area contributed by atoms with E-state index in [0.717, 1.165) is 30.9 Å². The molecule has 0 aliphatic heterocycles. The molecule has 0 spiro atoms. The Bertz CT molecular complexity index is 715. The molecule has 23 heavy (non-hydrogen) atoms. The van der Waals surface area contributed by atoms with Crippen LogP contribution in [0, 0.1) is 0 Å². The third-order valence-electron chi connectivity index (χ3n) is 3.94. The van der Waals surface area contributed by atoms with Gasteiger partial charge in [-0.05, 0) is 18.4 Å². The summed E-state index contributed by atoms with van der Waals surface area (Å²) in [5.74, 6) is 0. The van der Waals surface area contributed by atoms with Gasteiger partial charge in [-0.3, -0.25) is 4.18 Å². The monoisotopic (exact) mass is 361 g/mol. The van der Waals surface area contributed by atoms with Gasteiger partial charge in [0.2, 0.25) is 10.0 Å². The lowest BCUT2D eigenvalue weighted by molar-refractivity contribution is 0.0791. The normalized spacial score (nSPS) is 23.1. The Morgan fingerprint density at radius 1 is 1.04 bits per heavy atom. The smallest absolute Gasteiger partial charge is 0.264 e. The first-order valence-electron chi connectivity index (χ1n) is 7.56. The Hall–Kier alpha value is -0.960. The minimum atomic E-state index is -3.63. The first kappa shape index (κ1) is 18.4. The maximum atomic E-state index is 12.3. The van der Waals surface area contributed by atoms with Crippen LogP contribution in [-0.4, -0.2) is 45.8 Å². The molecule has 0 unspecified atom stereocenters. The van der Waals surface area contributed by atoms with E-state index >= 15 is 0 Å². The largest absolute Gasteiger partial charge is 0.265 e. The minimum Gasteiger partial charge on any atom is -0.265 e. The van der Waals surface area contributed by atoms with Crippen LogP contribution in [0.1, 0.15) is 31.2 Å². The molecule has 0 N–H and O–H groups in total. The number of hydrogen-bond donors (Lipinski definition) is 0. The molecule has 0 amide bonds. The molecule has 130 valence electrons. The van der Waals surface area contributed by atoms with Gasteiger partial charge in [-0.25, -0.2) is 8.42 Å². The van der Waals surface area contributed by atoms with E-state index in [2.05, 4.69) is 0 Å². The Morgan fingerprint density at radius 3 is 2.22 bits per heavy atom. The average molecular weight is 361 g/mol. The van der Waals surface area contributed by atoms with E-state index < -0.39 is 32.3 Å². The van der Waals surface area contributed by atoms with Crippen LogP contribution < -0.4 is 0 Å². The molecule has 0 radical (unpaired) electrons. The molecule has 2 atom stereocenters. The summed E-state index contributed by atoms with van der Waals surface area (Å²) in [5, 5.41) is 0. The highest BCUT2D eigenvalue weighted by atomic mass is 32.2. The van der Waals surface area contributed by atoms with E-state index in [1.165, 1.54) is 4.31 Å². The van der Waals surface area contributed by atoms with Crippen LogP contribution in [0.3, 0.4) is 0 Å². The topological polar surface area (TPSA) is 80.8 Å². The van der Waals surface area contributed by atoms with Gasteiger partial charge in [-0.15, -0.1) is 0 Å². The van der Waals surface area contributed by atoms with Gasteiger partial charge in [-0.2, -0.15) is 12.7 Å². The summed E-state index contributed by atoms with van der Waals surface area (Å²) in [6.07, 6.45) is 4.35. The fourth-order valence-electron chi connectivity index (χ4n) is 2.99. The maximum absolute atomic E-state index is 12.3. The third-order valence-corrected chi connectivity index (χ3v) is 5.79. The molecule has 1 aromatic carbocycles. The minimum absolute atomic E-state index is 0.216. The number of nitrogens with zero attached hydrogens (tertiary/aromatic N) is 1. The summed E-state index contributed by atoms with van der Waals surface area (Å²) in [6.45, 7) is 0.216. The Balaban J connectivity index is 2.29. The molecule has 2 rings (SSSR count). The zero-order valence-corrected chi connectivity index (χ0v) is 15.0. The second kappa shape index (κ2) is 7.29. The van der Waals surface area contributed by atoms with E-state index in [9.17, 15) is 16.8 Å². The molecule has 0 bridgehead atoms. The zero-order valence-electron chi connectivity index (χ0n) is 13.4. The van der Waals surface area contributed by atoms with Gasteiger partial charge in [0.1, 0.15) is 0 Å². The molecule has 1 aliphatic carbocycles. The predicted octanol–water partition coefficient (Wildman–Crippen LogP) is 1.74. The number of sulfonamides is 1. The van der Waals surface area contributed by atoms with Gasteiger partial charge < -0.3 is 0 Å². The molecule has 1 aliphatic rings. The quantitative estimate of drug-likeness (QED) is 0.721. The van der Waals surface area contributed by atoms with Gasteiger partial charge in [0.25, 0.3) is 10.1 Å². The second-order valence-electron chi connectivity index (χ2n) is 5.98. The predicted molar refractivity (Wildman–Crippen MR) is 88.8 cm³/mol. The number of hydrogen-bond acceptors (Lipinski definition) is 5. The maximum Gasteiger partial charge on any atom is 0.264 e. The lowest BCUT2D eigenvalue weighted by Gasteiger charge is -2.37. The van der Waals surface area contributed by atoms with Crippen molar-refractivity contribution in [2.45, 2.75) is 44.4 Å². The lowest BCUT2D eigenvalue weighted by Crippen LogP contribution is -2.49. The van der Waals surface area contributed by atoms with Crippen LogP contribution in [0.2, 0.25) is 0 Å². The van der Waals surface area contributed by atoms with Crippen LogP contribution >= 0.6 is 0 Å². The summed E-state index contributed by atoms with van der Waals surface area (Å²) in [4.78, 5) is 0. The van der Waals surface area contributed by atoms with Gasteiger partial charge in [-0.1, -0.05) is 43.2 Å². The van der Waals surface area contributed by atoms with Crippen molar-refractivity contribution in [3.05, 3.63) is 35.9 Å². The van der Waals surface area contributed by atoms with E-state index in [1.807, 2.05) is 30.3 Å². The van der Waals surface area contributed by atoms with Crippen molar-refractivity contribution >= 4 is 20.1 Å². The fraction of sp³-hybridized carbons (Fsp3) is 0.600. The zero-order chi connectivity index (χ0) is 17.1. The van der Waals surface area contributed by atoms with Gasteiger partial charge in [0, 0.05) is 6.54 Å². The SMILES string of the molecule is CS(=O)(=O)O[C@@H]1CCCC[C@H]1N(Cc1ccccc1)S(C)(=O)=O. The summed E-state index contributed by atoms with van der Waals surface area (Å²) < 4.78 is 54.0. The molecule has 1 fully saturated rings. The Kier molecular flexibility index (Phi) is 5.83. The molecular weight excluding hydrogens is 338 g/mol. The van der Waals surface area contributed by atoms with E-state index in [0.29, 0.717) is 12.8 Å². The summed E-state index contributed by atoms with van der Waals surface area (Å²) >= 11 is 0. The first-order chi connectivity index (χ1) is 10.7. The van der Waals surface area contributed by atoms with Crippen LogP contribution in [0.15, 0.2) is 30.3 Å². The van der Waals surface area contributed by atoms with Gasteiger partial charge in [0.15, 0.2) is 0 Å². The average Bonchev–Trinajstić information content (AvgIpc) is 2.44. The summed E-state index contributed by atoms with van der Waals surface area (Å²) in [7, 11) is -7.12. The molecule has 1 saturated carbocycles. The second-order valence-corrected chi connectivity index (χ2v) is 9.52. The van der Waals surface area contributed by atoms with E-state index in [1.54, 1.807) is 0 Å². The Labute approximate surface area is 138 Å². The van der Waals surface area contributed by atoms with Crippen molar-refractivity contribution < 1.29 is 21.0 Å². The van der Waals surface area contributed by atoms with Crippen LogP contribution in [0.25, 0.3) is 0 Å². The van der Waals surface area contributed by atoms with Gasteiger partial charge >= 0.3 is 0 Å². The van der Waals surface area contributed by atoms with Crippen molar-refractivity contribution in [3.63, 3.8) is 0 Å². The van der Waals surface area contributed by atoms with Crippen LogP contribution in [0.5, 0.6) is 0 Å². The highest BCUT2D eigenvalue weighted by molar-refractivity contribution is 7.88. The van der Waals surface area contributed by atoms with Crippen molar-refractivity contribution in [2.75, 3.05) is 12.5 Å². The summed E-state index contributed by atoms with van der Waals surface area (Å²) in [5.41, 5.74) is 0.863. The molecule has 6 nitrogen and oxygen atoms in total. The van der Waals surface area contributed by atoms with Crippen LogP contribution in [0.4, 0.5) is 0 Å².